The molecule has 17 heavy (non-hydrogen) atoms. The lowest BCUT2D eigenvalue weighted by Crippen LogP contribution is -2.37. The van der Waals surface area contributed by atoms with E-state index in [1.807, 2.05) is 6.07 Å². The maximum absolute atomic E-state index is 13.4. The number of rotatable bonds is 3. The van der Waals surface area contributed by atoms with Crippen LogP contribution in [0.2, 0.25) is 0 Å². The van der Waals surface area contributed by atoms with Crippen LogP contribution in [0, 0.1) is 5.82 Å². The normalized spacial score (nSPS) is 12.2. The fraction of sp³-hybridized carbons (Fsp3) is 0.429. The molecule has 1 N–H and O–H groups in total. The highest BCUT2D eigenvalue weighted by atomic mass is 19.1. The van der Waals surface area contributed by atoms with Crippen LogP contribution >= 0.6 is 0 Å². The van der Waals surface area contributed by atoms with Crippen molar-refractivity contribution in [3.63, 3.8) is 0 Å². The first-order chi connectivity index (χ1) is 7.97. The summed E-state index contributed by atoms with van der Waals surface area (Å²) in [6.07, 6.45) is 2.49. The Morgan fingerprint density at radius 2 is 2.06 bits per heavy atom. The predicted molar refractivity (Wildman–Crippen MR) is 67.6 cm³/mol. The molecular formula is C14H18FNO. The van der Waals surface area contributed by atoms with E-state index in [1.54, 1.807) is 12.3 Å². The number of furan rings is 1. The zero-order chi connectivity index (χ0) is 12.5. The van der Waals surface area contributed by atoms with Crippen molar-refractivity contribution in [2.24, 2.45) is 0 Å². The van der Waals surface area contributed by atoms with Gasteiger partial charge in [0.2, 0.25) is 0 Å². The molecule has 0 aliphatic rings. The van der Waals surface area contributed by atoms with Gasteiger partial charge in [0.05, 0.1) is 6.26 Å². The van der Waals surface area contributed by atoms with E-state index in [1.165, 1.54) is 6.07 Å². The third-order valence-corrected chi connectivity index (χ3v) is 2.68. The van der Waals surface area contributed by atoms with Crippen LogP contribution in [0.1, 0.15) is 26.3 Å². The molecule has 0 aliphatic heterocycles. The summed E-state index contributed by atoms with van der Waals surface area (Å²) < 4.78 is 18.7. The van der Waals surface area contributed by atoms with E-state index < -0.39 is 0 Å². The third kappa shape index (κ3) is 2.86. The monoisotopic (exact) mass is 235 g/mol. The molecule has 1 aromatic heterocycles. The van der Waals surface area contributed by atoms with Crippen molar-refractivity contribution in [2.45, 2.75) is 32.7 Å². The SMILES string of the molecule is CC(C)(C)NCCc1coc2c(F)cccc12. The highest BCUT2D eigenvalue weighted by Gasteiger charge is 2.11. The van der Waals surface area contributed by atoms with E-state index in [2.05, 4.69) is 26.1 Å². The van der Waals surface area contributed by atoms with E-state index in [-0.39, 0.29) is 11.4 Å². The Morgan fingerprint density at radius 1 is 1.29 bits per heavy atom. The number of para-hydroxylation sites is 1. The second-order valence-electron chi connectivity index (χ2n) is 5.30. The fourth-order valence-electron chi connectivity index (χ4n) is 1.84. The van der Waals surface area contributed by atoms with Crippen LogP contribution in [0.5, 0.6) is 0 Å². The zero-order valence-electron chi connectivity index (χ0n) is 10.5. The summed E-state index contributed by atoms with van der Waals surface area (Å²) >= 11 is 0. The molecule has 1 aromatic carbocycles. The number of nitrogens with one attached hydrogen (secondary N) is 1. The molecule has 92 valence electrons. The van der Waals surface area contributed by atoms with Gasteiger partial charge in [-0.2, -0.15) is 0 Å². The Labute approximate surface area is 101 Å². The molecular weight excluding hydrogens is 217 g/mol. The molecule has 2 rings (SSSR count). The summed E-state index contributed by atoms with van der Waals surface area (Å²) in [5.74, 6) is -0.294. The Balaban J connectivity index is 2.12. The average molecular weight is 235 g/mol. The number of halogens is 1. The van der Waals surface area contributed by atoms with Gasteiger partial charge in [-0.05, 0) is 45.4 Å². The molecule has 0 fully saturated rings. The maximum Gasteiger partial charge on any atom is 0.169 e. The Hall–Kier alpha value is -1.35. The molecule has 2 aromatic rings. The Bertz CT molecular complexity index is 510. The molecule has 0 aliphatic carbocycles. The van der Waals surface area contributed by atoms with Crippen molar-refractivity contribution >= 4 is 11.0 Å². The number of benzene rings is 1. The first-order valence-corrected chi connectivity index (χ1v) is 5.87. The molecule has 0 spiro atoms. The van der Waals surface area contributed by atoms with E-state index in [9.17, 15) is 4.39 Å². The van der Waals surface area contributed by atoms with Gasteiger partial charge in [-0.1, -0.05) is 12.1 Å². The van der Waals surface area contributed by atoms with Gasteiger partial charge in [0, 0.05) is 10.9 Å². The average Bonchev–Trinajstić information content (AvgIpc) is 2.61. The molecule has 2 nitrogen and oxygen atoms in total. The first-order valence-electron chi connectivity index (χ1n) is 5.87. The van der Waals surface area contributed by atoms with Gasteiger partial charge in [-0.15, -0.1) is 0 Å². The summed E-state index contributed by atoms with van der Waals surface area (Å²) in [6, 6.07) is 5.03. The van der Waals surface area contributed by atoms with Crippen molar-refractivity contribution in [2.75, 3.05) is 6.54 Å². The zero-order valence-corrected chi connectivity index (χ0v) is 10.5. The van der Waals surface area contributed by atoms with E-state index in [0.29, 0.717) is 5.58 Å². The number of fused-ring (bicyclic) bond motifs is 1. The van der Waals surface area contributed by atoms with E-state index >= 15 is 0 Å². The summed E-state index contributed by atoms with van der Waals surface area (Å²) in [6.45, 7) is 7.23. The van der Waals surface area contributed by atoms with Crippen LogP contribution in [0.3, 0.4) is 0 Å². The highest BCUT2D eigenvalue weighted by Crippen LogP contribution is 2.23. The smallest absolute Gasteiger partial charge is 0.169 e. The lowest BCUT2D eigenvalue weighted by atomic mass is 10.1. The predicted octanol–water partition coefficient (Wildman–Crippen LogP) is 3.50. The second-order valence-corrected chi connectivity index (χ2v) is 5.30. The summed E-state index contributed by atoms with van der Waals surface area (Å²) in [4.78, 5) is 0. The second kappa shape index (κ2) is 4.49. The van der Waals surface area contributed by atoms with E-state index in [4.69, 9.17) is 4.42 Å². The van der Waals surface area contributed by atoms with E-state index in [0.717, 1.165) is 23.9 Å². The standard InChI is InChI=1S/C14H18FNO/c1-14(2,3)16-8-7-10-9-17-13-11(10)5-4-6-12(13)15/h4-6,9,16H,7-8H2,1-3H3. The van der Waals surface area contributed by atoms with Crippen molar-refractivity contribution in [1.82, 2.24) is 5.32 Å². The Kier molecular flexibility index (Phi) is 3.20. The fourth-order valence-corrected chi connectivity index (χ4v) is 1.84. The van der Waals surface area contributed by atoms with Crippen LogP contribution in [0.4, 0.5) is 4.39 Å². The van der Waals surface area contributed by atoms with Crippen LogP contribution in [-0.4, -0.2) is 12.1 Å². The van der Waals surface area contributed by atoms with Gasteiger partial charge in [0.15, 0.2) is 11.4 Å². The molecule has 0 atom stereocenters. The lowest BCUT2D eigenvalue weighted by molar-refractivity contribution is 0.429. The summed E-state index contributed by atoms with van der Waals surface area (Å²) in [7, 11) is 0. The van der Waals surface area contributed by atoms with Gasteiger partial charge in [0.25, 0.3) is 0 Å². The van der Waals surface area contributed by atoms with Gasteiger partial charge in [-0.25, -0.2) is 4.39 Å². The van der Waals surface area contributed by atoms with Crippen molar-refractivity contribution in [3.05, 3.63) is 35.8 Å². The van der Waals surface area contributed by atoms with Gasteiger partial charge in [-0.3, -0.25) is 0 Å². The minimum absolute atomic E-state index is 0.102. The molecule has 0 saturated carbocycles. The van der Waals surface area contributed by atoms with Gasteiger partial charge >= 0.3 is 0 Å². The van der Waals surface area contributed by atoms with Crippen LogP contribution in [-0.2, 0) is 6.42 Å². The van der Waals surface area contributed by atoms with Crippen molar-refractivity contribution in [1.29, 1.82) is 0 Å². The van der Waals surface area contributed by atoms with Crippen LogP contribution in [0.15, 0.2) is 28.9 Å². The van der Waals surface area contributed by atoms with Crippen LogP contribution < -0.4 is 5.32 Å². The Morgan fingerprint density at radius 3 is 2.76 bits per heavy atom. The molecule has 0 bridgehead atoms. The number of hydrogen-bond acceptors (Lipinski definition) is 2. The first kappa shape index (κ1) is 12.1. The number of hydrogen-bond donors (Lipinski definition) is 1. The topological polar surface area (TPSA) is 25.2 Å². The van der Waals surface area contributed by atoms with Gasteiger partial charge < -0.3 is 9.73 Å². The largest absolute Gasteiger partial charge is 0.461 e. The maximum atomic E-state index is 13.4. The van der Waals surface area contributed by atoms with Crippen molar-refractivity contribution in [3.8, 4) is 0 Å². The third-order valence-electron chi connectivity index (χ3n) is 2.68. The molecule has 0 radical (unpaired) electrons. The molecule has 0 saturated heterocycles. The molecule has 0 amide bonds. The van der Waals surface area contributed by atoms with Crippen molar-refractivity contribution < 1.29 is 8.81 Å². The molecule has 0 unspecified atom stereocenters. The lowest BCUT2D eigenvalue weighted by Gasteiger charge is -2.20. The summed E-state index contributed by atoms with van der Waals surface area (Å²) in [5.41, 5.74) is 1.51. The highest BCUT2D eigenvalue weighted by molar-refractivity contribution is 5.81. The van der Waals surface area contributed by atoms with Crippen LogP contribution in [0.25, 0.3) is 11.0 Å². The van der Waals surface area contributed by atoms with Gasteiger partial charge in [0.1, 0.15) is 0 Å². The minimum atomic E-state index is -0.294. The summed E-state index contributed by atoms with van der Waals surface area (Å²) in [5, 5.41) is 4.28. The minimum Gasteiger partial charge on any atom is -0.461 e. The molecule has 3 heteroatoms. The quantitative estimate of drug-likeness (QED) is 0.880. The molecule has 1 heterocycles.